The van der Waals surface area contributed by atoms with Crippen molar-refractivity contribution in [3.05, 3.63) is 21.9 Å². The van der Waals surface area contributed by atoms with Crippen molar-refractivity contribution in [1.29, 1.82) is 0 Å². The first kappa shape index (κ1) is 16.7. The third-order valence-electron chi connectivity index (χ3n) is 3.15. The predicted molar refractivity (Wildman–Crippen MR) is 80.6 cm³/mol. The summed E-state index contributed by atoms with van der Waals surface area (Å²) in [5, 5.41) is 11.6. The Hall–Kier alpha value is -1.40. The van der Waals surface area contributed by atoms with Crippen LogP contribution in [0.1, 0.15) is 46.0 Å². The van der Waals surface area contributed by atoms with Gasteiger partial charge in [-0.05, 0) is 52.4 Å². The lowest BCUT2D eigenvalue weighted by atomic mass is 10.2. The molecule has 0 aliphatic rings. The van der Waals surface area contributed by atoms with Gasteiger partial charge in [0.1, 0.15) is 4.88 Å². The van der Waals surface area contributed by atoms with Gasteiger partial charge >= 0.3 is 5.97 Å². The number of rotatable bonds is 8. The number of nitrogens with one attached hydrogen (secondary N) is 1. The fourth-order valence-electron chi connectivity index (χ4n) is 1.61. The minimum absolute atomic E-state index is 0.189. The fourth-order valence-corrected chi connectivity index (χ4v) is 2.37. The van der Waals surface area contributed by atoms with Gasteiger partial charge < -0.3 is 15.3 Å². The summed E-state index contributed by atoms with van der Waals surface area (Å²) in [7, 11) is 2.09. The normalized spacial score (nSPS) is 11.1. The van der Waals surface area contributed by atoms with E-state index in [-0.39, 0.29) is 10.8 Å². The van der Waals surface area contributed by atoms with Gasteiger partial charge in [0.05, 0.1) is 4.88 Å². The highest BCUT2D eigenvalue weighted by Gasteiger charge is 2.12. The molecule has 1 heterocycles. The standard InChI is InChI=1S/C14H22N2O3S/c1-10(2)16(3)9-5-4-8-15-13(17)11-6-7-12(20-11)14(18)19/h6-7,10H,4-5,8-9H2,1-3H3,(H,15,17)(H,18,19). The molecule has 0 saturated heterocycles. The van der Waals surface area contributed by atoms with Crippen LogP contribution in [-0.4, -0.2) is 48.1 Å². The Balaban J connectivity index is 2.24. The van der Waals surface area contributed by atoms with Crippen LogP contribution < -0.4 is 5.32 Å². The second-order valence-corrected chi connectivity index (χ2v) is 6.09. The number of carboxylic acid groups (broad SMARTS) is 1. The van der Waals surface area contributed by atoms with Crippen molar-refractivity contribution < 1.29 is 14.7 Å². The molecule has 0 bridgehead atoms. The van der Waals surface area contributed by atoms with Crippen molar-refractivity contribution in [3.8, 4) is 0 Å². The highest BCUT2D eigenvalue weighted by molar-refractivity contribution is 7.15. The van der Waals surface area contributed by atoms with E-state index in [2.05, 4.69) is 31.1 Å². The van der Waals surface area contributed by atoms with Crippen LogP contribution in [0.4, 0.5) is 0 Å². The number of aromatic carboxylic acids is 1. The average Bonchev–Trinajstić information content (AvgIpc) is 2.87. The lowest BCUT2D eigenvalue weighted by Gasteiger charge is -2.20. The lowest BCUT2D eigenvalue weighted by molar-refractivity contribution is 0.0702. The first-order valence-electron chi connectivity index (χ1n) is 6.73. The highest BCUT2D eigenvalue weighted by Crippen LogP contribution is 2.16. The molecule has 112 valence electrons. The summed E-state index contributed by atoms with van der Waals surface area (Å²) in [4.78, 5) is 25.4. The fraction of sp³-hybridized carbons (Fsp3) is 0.571. The Labute approximate surface area is 123 Å². The molecular weight excluding hydrogens is 276 g/mol. The molecule has 1 aromatic heterocycles. The maximum atomic E-state index is 11.8. The quantitative estimate of drug-likeness (QED) is 0.723. The van der Waals surface area contributed by atoms with E-state index in [4.69, 9.17) is 5.11 Å². The summed E-state index contributed by atoms with van der Waals surface area (Å²) < 4.78 is 0. The molecule has 0 fully saturated rings. The van der Waals surface area contributed by atoms with Crippen LogP contribution in [-0.2, 0) is 0 Å². The van der Waals surface area contributed by atoms with Crippen LogP contribution in [0.3, 0.4) is 0 Å². The number of carbonyl (C=O) groups excluding carboxylic acids is 1. The van der Waals surface area contributed by atoms with E-state index in [0.717, 1.165) is 30.7 Å². The second-order valence-electron chi connectivity index (χ2n) is 5.01. The molecule has 0 unspecified atom stereocenters. The maximum absolute atomic E-state index is 11.8. The number of amides is 1. The first-order chi connectivity index (χ1) is 9.41. The average molecular weight is 298 g/mol. The monoisotopic (exact) mass is 298 g/mol. The molecule has 5 nitrogen and oxygen atoms in total. The molecule has 0 aliphatic carbocycles. The number of hydrogen-bond acceptors (Lipinski definition) is 4. The van der Waals surface area contributed by atoms with Gasteiger partial charge in [0.25, 0.3) is 5.91 Å². The van der Waals surface area contributed by atoms with E-state index in [1.807, 2.05) is 0 Å². The Morgan fingerprint density at radius 1 is 1.30 bits per heavy atom. The Morgan fingerprint density at radius 3 is 2.50 bits per heavy atom. The molecular formula is C14H22N2O3S. The van der Waals surface area contributed by atoms with Gasteiger partial charge in [-0.15, -0.1) is 11.3 Å². The molecule has 1 amide bonds. The van der Waals surface area contributed by atoms with Crippen LogP contribution in [0.2, 0.25) is 0 Å². The minimum atomic E-state index is -0.995. The molecule has 1 aromatic rings. The summed E-state index contributed by atoms with van der Waals surface area (Å²) in [6.07, 6.45) is 1.94. The molecule has 0 radical (unpaired) electrons. The molecule has 6 heteroatoms. The third kappa shape index (κ3) is 5.30. The second kappa shape index (κ2) is 8.01. The number of nitrogens with zero attached hydrogens (tertiary/aromatic N) is 1. The molecule has 0 aliphatic heterocycles. The van der Waals surface area contributed by atoms with E-state index in [9.17, 15) is 9.59 Å². The van der Waals surface area contributed by atoms with Crippen molar-refractivity contribution in [2.24, 2.45) is 0 Å². The van der Waals surface area contributed by atoms with Gasteiger partial charge in [-0.1, -0.05) is 0 Å². The van der Waals surface area contributed by atoms with Gasteiger partial charge in [0.15, 0.2) is 0 Å². The van der Waals surface area contributed by atoms with Crippen molar-refractivity contribution in [2.75, 3.05) is 20.1 Å². The molecule has 0 aromatic carbocycles. The highest BCUT2D eigenvalue weighted by atomic mass is 32.1. The Kier molecular flexibility index (Phi) is 6.67. The number of hydrogen-bond donors (Lipinski definition) is 2. The SMILES string of the molecule is CC(C)N(C)CCCCNC(=O)c1ccc(C(=O)O)s1. The summed E-state index contributed by atoms with van der Waals surface area (Å²) in [6.45, 7) is 5.93. The van der Waals surface area contributed by atoms with E-state index < -0.39 is 5.97 Å². The third-order valence-corrected chi connectivity index (χ3v) is 4.22. The number of thiophene rings is 1. The smallest absolute Gasteiger partial charge is 0.345 e. The number of carbonyl (C=O) groups is 2. The van der Waals surface area contributed by atoms with Crippen molar-refractivity contribution >= 4 is 23.2 Å². The topological polar surface area (TPSA) is 69.6 Å². The summed E-state index contributed by atoms with van der Waals surface area (Å²) in [5.74, 6) is -1.19. The van der Waals surface area contributed by atoms with Crippen LogP contribution in [0, 0.1) is 0 Å². The molecule has 2 N–H and O–H groups in total. The molecule has 0 saturated carbocycles. The molecule has 0 spiro atoms. The molecule has 20 heavy (non-hydrogen) atoms. The Bertz CT molecular complexity index is 457. The van der Waals surface area contributed by atoms with Gasteiger partial charge in [-0.25, -0.2) is 4.79 Å². The van der Waals surface area contributed by atoms with Crippen LogP contribution in [0.5, 0.6) is 0 Å². The van der Waals surface area contributed by atoms with Gasteiger partial charge in [-0.3, -0.25) is 4.79 Å². The van der Waals surface area contributed by atoms with Crippen LogP contribution in [0.25, 0.3) is 0 Å². The zero-order valence-corrected chi connectivity index (χ0v) is 13.0. The van der Waals surface area contributed by atoms with E-state index >= 15 is 0 Å². The van der Waals surface area contributed by atoms with Crippen molar-refractivity contribution in [2.45, 2.75) is 32.7 Å². The van der Waals surface area contributed by atoms with Crippen molar-refractivity contribution in [1.82, 2.24) is 10.2 Å². The van der Waals surface area contributed by atoms with Gasteiger partial charge in [0.2, 0.25) is 0 Å². The van der Waals surface area contributed by atoms with E-state index in [0.29, 0.717) is 17.5 Å². The van der Waals surface area contributed by atoms with Crippen LogP contribution in [0.15, 0.2) is 12.1 Å². The largest absolute Gasteiger partial charge is 0.477 e. The Morgan fingerprint density at radius 2 is 1.95 bits per heavy atom. The number of unbranched alkanes of at least 4 members (excludes halogenated alkanes) is 1. The first-order valence-corrected chi connectivity index (χ1v) is 7.55. The van der Waals surface area contributed by atoms with E-state index in [1.165, 1.54) is 6.07 Å². The lowest BCUT2D eigenvalue weighted by Crippen LogP contribution is -2.28. The van der Waals surface area contributed by atoms with Crippen LogP contribution >= 0.6 is 11.3 Å². The zero-order chi connectivity index (χ0) is 15.1. The summed E-state index contributed by atoms with van der Waals surface area (Å²) in [5.41, 5.74) is 0. The van der Waals surface area contributed by atoms with Gasteiger partial charge in [-0.2, -0.15) is 0 Å². The van der Waals surface area contributed by atoms with Gasteiger partial charge in [0, 0.05) is 12.6 Å². The molecule has 0 atom stereocenters. The zero-order valence-electron chi connectivity index (χ0n) is 12.2. The summed E-state index contributed by atoms with van der Waals surface area (Å²) >= 11 is 1.00. The van der Waals surface area contributed by atoms with E-state index in [1.54, 1.807) is 6.07 Å². The predicted octanol–water partition coefficient (Wildman–Crippen LogP) is 2.30. The van der Waals surface area contributed by atoms with Crippen molar-refractivity contribution in [3.63, 3.8) is 0 Å². The maximum Gasteiger partial charge on any atom is 0.345 e. The number of carboxylic acids is 1. The minimum Gasteiger partial charge on any atom is -0.477 e. The molecule has 1 rings (SSSR count). The summed E-state index contributed by atoms with van der Waals surface area (Å²) in [6, 6.07) is 3.54.